The van der Waals surface area contributed by atoms with Crippen LogP contribution in [0.4, 0.5) is 0 Å². The molecule has 4 heteroatoms. The first-order chi connectivity index (χ1) is 4.79. The van der Waals surface area contributed by atoms with Crippen LogP contribution in [-0.2, 0) is 9.53 Å². The zero-order valence-electron chi connectivity index (χ0n) is 6.58. The van der Waals surface area contributed by atoms with Crippen molar-refractivity contribution < 1.29 is 9.53 Å². The number of carbonyl (C=O) groups excluding carboxylic acids is 1. The van der Waals surface area contributed by atoms with Crippen LogP contribution in [0.1, 0.15) is 13.3 Å². The lowest BCUT2D eigenvalue weighted by Gasteiger charge is -1.97. The molecule has 11 heavy (non-hydrogen) atoms. The third-order valence-electron chi connectivity index (χ3n) is 1.81. The summed E-state index contributed by atoms with van der Waals surface area (Å²) in [6.45, 7) is 2.91. The predicted molar refractivity (Wildman–Crippen MR) is 44.5 cm³/mol. The van der Waals surface area contributed by atoms with Crippen molar-refractivity contribution in [3.05, 3.63) is 0 Å². The Labute approximate surface area is 72.7 Å². The molecule has 2 atom stereocenters. The van der Waals surface area contributed by atoms with E-state index in [9.17, 15) is 4.79 Å². The Balaban J connectivity index is 0.000001000. The molecule has 1 rings (SSSR count). The van der Waals surface area contributed by atoms with Gasteiger partial charge >= 0.3 is 5.97 Å². The van der Waals surface area contributed by atoms with Crippen molar-refractivity contribution in [2.45, 2.75) is 13.3 Å². The van der Waals surface area contributed by atoms with Gasteiger partial charge in [-0.1, -0.05) is 0 Å². The average Bonchev–Trinajstić information content (AvgIpc) is 2.66. The maximum Gasteiger partial charge on any atom is 0.309 e. The molecule has 0 radical (unpaired) electrons. The Morgan fingerprint density at radius 1 is 1.73 bits per heavy atom. The van der Waals surface area contributed by atoms with Gasteiger partial charge in [0.2, 0.25) is 0 Å². The van der Waals surface area contributed by atoms with Gasteiger partial charge in [0.1, 0.15) is 0 Å². The lowest BCUT2D eigenvalue weighted by Crippen LogP contribution is -2.11. The number of esters is 1. The molecule has 0 aromatic rings. The van der Waals surface area contributed by atoms with Crippen molar-refractivity contribution in [1.82, 2.24) is 0 Å². The number of hydrogen-bond acceptors (Lipinski definition) is 3. The number of rotatable bonds is 3. The monoisotopic (exact) mass is 179 g/mol. The van der Waals surface area contributed by atoms with Crippen LogP contribution >= 0.6 is 12.4 Å². The van der Waals surface area contributed by atoms with E-state index in [-0.39, 0.29) is 24.3 Å². The molecule has 1 aliphatic rings. The Kier molecular flexibility index (Phi) is 4.45. The molecule has 0 amide bonds. The predicted octanol–water partition coefficient (Wildman–Crippen LogP) is 0.566. The fourth-order valence-electron chi connectivity index (χ4n) is 1.05. The Morgan fingerprint density at radius 2 is 2.36 bits per heavy atom. The molecule has 1 saturated carbocycles. The topological polar surface area (TPSA) is 52.3 Å². The van der Waals surface area contributed by atoms with Crippen LogP contribution in [0.25, 0.3) is 0 Å². The molecular weight excluding hydrogens is 166 g/mol. The van der Waals surface area contributed by atoms with Crippen LogP contribution in [0.15, 0.2) is 0 Å². The van der Waals surface area contributed by atoms with Gasteiger partial charge in [-0.15, -0.1) is 12.4 Å². The lowest BCUT2D eigenvalue weighted by molar-refractivity contribution is -0.145. The molecule has 0 aliphatic heterocycles. The van der Waals surface area contributed by atoms with Gasteiger partial charge in [0.05, 0.1) is 12.5 Å². The van der Waals surface area contributed by atoms with Crippen molar-refractivity contribution >= 4 is 18.4 Å². The summed E-state index contributed by atoms with van der Waals surface area (Å²) in [4.78, 5) is 10.9. The first-order valence-electron chi connectivity index (χ1n) is 3.66. The average molecular weight is 180 g/mol. The fourth-order valence-corrected chi connectivity index (χ4v) is 1.05. The highest BCUT2D eigenvalue weighted by Gasteiger charge is 2.42. The first kappa shape index (κ1) is 10.7. The zero-order chi connectivity index (χ0) is 7.56. The molecule has 1 fully saturated rings. The fraction of sp³-hybridized carbons (Fsp3) is 0.857. The van der Waals surface area contributed by atoms with Crippen molar-refractivity contribution in [3.63, 3.8) is 0 Å². The van der Waals surface area contributed by atoms with Crippen molar-refractivity contribution in [1.29, 1.82) is 0 Å². The van der Waals surface area contributed by atoms with Crippen LogP contribution in [0.5, 0.6) is 0 Å². The number of hydrogen-bond donors (Lipinski definition) is 1. The van der Waals surface area contributed by atoms with E-state index in [1.165, 1.54) is 0 Å². The number of nitrogens with two attached hydrogens (primary N) is 1. The van der Waals surface area contributed by atoms with E-state index in [0.29, 0.717) is 19.1 Å². The summed E-state index contributed by atoms with van der Waals surface area (Å²) in [5, 5.41) is 0. The van der Waals surface area contributed by atoms with Gasteiger partial charge in [0.25, 0.3) is 0 Å². The standard InChI is InChI=1S/C7H13NO2.ClH/c1-2-10-7(9)6-3-5(6)4-8;/h5-6H,2-4,8H2,1H3;1H. The van der Waals surface area contributed by atoms with Crippen molar-refractivity contribution in [3.8, 4) is 0 Å². The minimum Gasteiger partial charge on any atom is -0.466 e. The Bertz CT molecular complexity index is 140. The second-order valence-corrected chi connectivity index (χ2v) is 2.59. The third kappa shape index (κ3) is 2.67. The molecule has 3 nitrogen and oxygen atoms in total. The first-order valence-corrected chi connectivity index (χ1v) is 3.66. The summed E-state index contributed by atoms with van der Waals surface area (Å²) >= 11 is 0. The van der Waals surface area contributed by atoms with Crippen LogP contribution in [0, 0.1) is 11.8 Å². The quantitative estimate of drug-likeness (QED) is 0.645. The second-order valence-electron chi connectivity index (χ2n) is 2.59. The SMILES string of the molecule is CCOC(=O)C1CC1CN.Cl. The largest absolute Gasteiger partial charge is 0.466 e. The third-order valence-corrected chi connectivity index (χ3v) is 1.81. The van der Waals surface area contributed by atoms with Crippen molar-refractivity contribution in [2.75, 3.05) is 13.2 Å². The van der Waals surface area contributed by atoms with Crippen LogP contribution in [-0.4, -0.2) is 19.1 Å². The highest BCUT2D eigenvalue weighted by atomic mass is 35.5. The molecule has 0 spiro atoms. The molecule has 2 N–H and O–H groups in total. The minimum atomic E-state index is -0.0713. The molecule has 2 unspecified atom stereocenters. The summed E-state index contributed by atoms with van der Waals surface area (Å²) in [6.07, 6.45) is 0.926. The van der Waals surface area contributed by atoms with E-state index >= 15 is 0 Å². The molecule has 0 bridgehead atoms. The maximum absolute atomic E-state index is 10.9. The van der Waals surface area contributed by atoms with E-state index in [4.69, 9.17) is 10.5 Å². The van der Waals surface area contributed by atoms with Gasteiger partial charge in [-0.05, 0) is 25.8 Å². The molecule has 0 saturated heterocycles. The minimum absolute atomic E-state index is 0. The molecule has 0 aromatic carbocycles. The van der Waals surface area contributed by atoms with Crippen LogP contribution in [0.2, 0.25) is 0 Å². The van der Waals surface area contributed by atoms with E-state index < -0.39 is 0 Å². The Hall–Kier alpha value is -0.280. The smallest absolute Gasteiger partial charge is 0.309 e. The van der Waals surface area contributed by atoms with Gasteiger partial charge in [-0.2, -0.15) is 0 Å². The molecule has 0 aromatic heterocycles. The highest BCUT2D eigenvalue weighted by Crippen LogP contribution is 2.38. The van der Waals surface area contributed by atoms with E-state index in [1.54, 1.807) is 0 Å². The number of carbonyl (C=O) groups is 1. The van der Waals surface area contributed by atoms with Gasteiger partial charge in [0.15, 0.2) is 0 Å². The summed E-state index contributed by atoms with van der Waals surface area (Å²) in [5.41, 5.74) is 5.35. The lowest BCUT2D eigenvalue weighted by atomic mass is 10.3. The summed E-state index contributed by atoms with van der Waals surface area (Å²) in [7, 11) is 0. The van der Waals surface area contributed by atoms with Gasteiger partial charge < -0.3 is 10.5 Å². The normalized spacial score (nSPS) is 27.1. The van der Waals surface area contributed by atoms with E-state index in [2.05, 4.69) is 0 Å². The number of ether oxygens (including phenoxy) is 1. The molecular formula is C7H14ClNO2. The zero-order valence-corrected chi connectivity index (χ0v) is 7.39. The molecule has 0 heterocycles. The summed E-state index contributed by atoms with van der Waals surface area (Å²) in [5.74, 6) is 0.446. The van der Waals surface area contributed by atoms with Gasteiger partial charge in [-0.3, -0.25) is 4.79 Å². The van der Waals surface area contributed by atoms with E-state index in [0.717, 1.165) is 6.42 Å². The maximum atomic E-state index is 10.9. The molecule has 1 aliphatic carbocycles. The van der Waals surface area contributed by atoms with Crippen LogP contribution < -0.4 is 5.73 Å². The van der Waals surface area contributed by atoms with E-state index in [1.807, 2.05) is 6.92 Å². The summed E-state index contributed by atoms with van der Waals surface area (Å²) in [6, 6.07) is 0. The summed E-state index contributed by atoms with van der Waals surface area (Å²) < 4.78 is 4.80. The highest BCUT2D eigenvalue weighted by molar-refractivity contribution is 5.85. The van der Waals surface area contributed by atoms with Gasteiger partial charge in [0, 0.05) is 0 Å². The number of halogens is 1. The second kappa shape index (κ2) is 4.57. The Morgan fingerprint density at radius 3 is 2.73 bits per heavy atom. The van der Waals surface area contributed by atoms with Crippen molar-refractivity contribution in [2.24, 2.45) is 17.6 Å². The van der Waals surface area contributed by atoms with Gasteiger partial charge in [-0.25, -0.2) is 0 Å². The molecule has 66 valence electrons. The van der Waals surface area contributed by atoms with Crippen LogP contribution in [0.3, 0.4) is 0 Å².